The van der Waals surface area contributed by atoms with Gasteiger partial charge in [-0.05, 0) is 30.2 Å². The second-order valence-corrected chi connectivity index (χ2v) is 2.64. The molecule has 0 saturated carbocycles. The second-order valence-electron chi connectivity index (χ2n) is 2.64. The Morgan fingerprint density at radius 2 is 2.00 bits per heavy atom. The van der Waals surface area contributed by atoms with E-state index in [0.29, 0.717) is 11.1 Å². The first-order valence-corrected chi connectivity index (χ1v) is 4.56. The summed E-state index contributed by atoms with van der Waals surface area (Å²) in [6.45, 7) is 5.70. The van der Waals surface area contributed by atoms with E-state index < -0.39 is 5.97 Å². The first-order valence-electron chi connectivity index (χ1n) is 4.56. The van der Waals surface area contributed by atoms with Crippen LogP contribution in [0.2, 0.25) is 0 Å². The number of carboxylic acids is 1. The number of aryl methyl sites for hydroxylation is 1. The van der Waals surface area contributed by atoms with Crippen molar-refractivity contribution in [3.05, 3.63) is 35.1 Å². The summed E-state index contributed by atoms with van der Waals surface area (Å²) in [5, 5.41) is 8.47. The van der Waals surface area contributed by atoms with E-state index in [-0.39, 0.29) is 12.2 Å². The Morgan fingerprint density at radius 1 is 1.43 bits per heavy atom. The first-order chi connectivity index (χ1) is 6.59. The van der Waals surface area contributed by atoms with Gasteiger partial charge in [-0.2, -0.15) is 0 Å². The maximum Gasteiger partial charge on any atom is 0.307 e. The zero-order chi connectivity index (χ0) is 11.1. The molecular formula is C11H15FO2. The summed E-state index contributed by atoms with van der Waals surface area (Å²) in [6.07, 6.45) is -0.0495. The fourth-order valence-electron chi connectivity index (χ4n) is 1.02. The van der Waals surface area contributed by atoms with Gasteiger partial charge in [0.15, 0.2) is 0 Å². The van der Waals surface area contributed by atoms with Crippen LogP contribution in [-0.2, 0) is 11.2 Å². The summed E-state index contributed by atoms with van der Waals surface area (Å²) in [5.41, 5.74) is 1.33. The third kappa shape index (κ3) is 4.03. The normalized spacial score (nSPS) is 8.86. The molecule has 1 N–H and O–H groups in total. The van der Waals surface area contributed by atoms with E-state index in [2.05, 4.69) is 0 Å². The first kappa shape index (κ1) is 12.6. The van der Waals surface area contributed by atoms with Crippen LogP contribution in [0.15, 0.2) is 18.2 Å². The van der Waals surface area contributed by atoms with E-state index in [9.17, 15) is 9.18 Å². The number of carbonyl (C=O) groups is 1. The van der Waals surface area contributed by atoms with Gasteiger partial charge < -0.3 is 5.11 Å². The van der Waals surface area contributed by atoms with Crippen molar-refractivity contribution in [2.45, 2.75) is 27.2 Å². The van der Waals surface area contributed by atoms with Gasteiger partial charge in [0.05, 0.1) is 6.42 Å². The Hall–Kier alpha value is -1.38. The molecule has 0 aliphatic carbocycles. The van der Waals surface area contributed by atoms with E-state index in [0.717, 1.165) is 0 Å². The molecule has 0 heterocycles. The molecule has 1 aromatic rings. The molecule has 2 nitrogen and oxygen atoms in total. The molecule has 78 valence electrons. The van der Waals surface area contributed by atoms with Crippen LogP contribution in [0.4, 0.5) is 4.39 Å². The van der Waals surface area contributed by atoms with Crippen LogP contribution in [-0.4, -0.2) is 11.1 Å². The van der Waals surface area contributed by atoms with Crippen molar-refractivity contribution in [1.29, 1.82) is 0 Å². The van der Waals surface area contributed by atoms with Crippen molar-refractivity contribution in [3.63, 3.8) is 0 Å². The van der Waals surface area contributed by atoms with E-state index in [1.807, 2.05) is 13.8 Å². The van der Waals surface area contributed by atoms with Crippen molar-refractivity contribution in [2.75, 3.05) is 0 Å². The van der Waals surface area contributed by atoms with Gasteiger partial charge in [-0.1, -0.05) is 19.9 Å². The van der Waals surface area contributed by atoms with Crippen LogP contribution >= 0.6 is 0 Å². The molecule has 0 saturated heterocycles. The van der Waals surface area contributed by atoms with Gasteiger partial charge in [0.1, 0.15) is 5.82 Å². The van der Waals surface area contributed by atoms with E-state index in [1.165, 1.54) is 18.2 Å². The van der Waals surface area contributed by atoms with Gasteiger partial charge in [-0.15, -0.1) is 0 Å². The maximum atomic E-state index is 12.5. The molecule has 0 aromatic heterocycles. The number of benzene rings is 1. The van der Waals surface area contributed by atoms with Crippen LogP contribution in [0, 0.1) is 12.7 Å². The van der Waals surface area contributed by atoms with Crippen LogP contribution in [0.25, 0.3) is 0 Å². The molecule has 0 aliphatic rings. The number of aliphatic carboxylic acids is 1. The highest BCUT2D eigenvalue weighted by Gasteiger charge is 2.03. The Balaban J connectivity index is 0.000000791. The lowest BCUT2D eigenvalue weighted by molar-refractivity contribution is -0.136. The predicted molar refractivity (Wildman–Crippen MR) is 53.8 cm³/mol. The van der Waals surface area contributed by atoms with Crippen LogP contribution in [0.1, 0.15) is 25.0 Å². The minimum Gasteiger partial charge on any atom is -0.481 e. The zero-order valence-electron chi connectivity index (χ0n) is 8.67. The van der Waals surface area contributed by atoms with Gasteiger partial charge in [0, 0.05) is 0 Å². The molecule has 0 fully saturated rings. The number of hydrogen-bond acceptors (Lipinski definition) is 1. The molecule has 0 atom stereocenters. The molecule has 0 unspecified atom stereocenters. The van der Waals surface area contributed by atoms with Gasteiger partial charge in [-0.25, -0.2) is 4.39 Å². The fraction of sp³-hybridized carbons (Fsp3) is 0.364. The van der Waals surface area contributed by atoms with Gasteiger partial charge in [-0.3, -0.25) is 4.79 Å². The predicted octanol–water partition coefficient (Wildman–Crippen LogP) is 2.79. The van der Waals surface area contributed by atoms with E-state index >= 15 is 0 Å². The van der Waals surface area contributed by atoms with Crippen LogP contribution in [0.5, 0.6) is 0 Å². The molecule has 1 rings (SSSR count). The Kier molecular flexibility index (Phi) is 5.53. The smallest absolute Gasteiger partial charge is 0.307 e. The quantitative estimate of drug-likeness (QED) is 0.793. The van der Waals surface area contributed by atoms with Crippen molar-refractivity contribution >= 4 is 5.97 Å². The van der Waals surface area contributed by atoms with Gasteiger partial charge in [0.25, 0.3) is 0 Å². The van der Waals surface area contributed by atoms with Crippen molar-refractivity contribution < 1.29 is 14.3 Å². The monoisotopic (exact) mass is 198 g/mol. The van der Waals surface area contributed by atoms with E-state index in [1.54, 1.807) is 6.92 Å². The number of rotatable bonds is 2. The average molecular weight is 198 g/mol. The van der Waals surface area contributed by atoms with Crippen molar-refractivity contribution in [1.82, 2.24) is 0 Å². The molecular weight excluding hydrogens is 183 g/mol. The second kappa shape index (κ2) is 6.13. The Labute approximate surface area is 83.4 Å². The number of carboxylic acid groups (broad SMARTS) is 1. The molecule has 0 spiro atoms. The summed E-state index contributed by atoms with van der Waals surface area (Å²) in [7, 11) is 0. The van der Waals surface area contributed by atoms with Gasteiger partial charge in [0.2, 0.25) is 0 Å². The van der Waals surface area contributed by atoms with Crippen LogP contribution in [0.3, 0.4) is 0 Å². The molecule has 1 aromatic carbocycles. The SMILES string of the molecule is CC.Cc1cc(F)ccc1CC(=O)O. The summed E-state index contributed by atoms with van der Waals surface area (Å²) >= 11 is 0. The highest BCUT2D eigenvalue weighted by Crippen LogP contribution is 2.10. The lowest BCUT2D eigenvalue weighted by atomic mass is 10.1. The standard InChI is InChI=1S/C9H9FO2.C2H6/c1-6-4-8(10)3-2-7(6)5-9(11)12;1-2/h2-4H,5H2,1H3,(H,11,12);1-2H3. The lowest BCUT2D eigenvalue weighted by Crippen LogP contribution is -2.01. The van der Waals surface area contributed by atoms with E-state index in [4.69, 9.17) is 5.11 Å². The number of halogens is 1. The molecule has 0 amide bonds. The molecule has 0 bridgehead atoms. The Bertz CT molecular complexity index is 308. The summed E-state index contributed by atoms with van der Waals surface area (Å²) in [5.74, 6) is -1.23. The fourth-order valence-corrected chi connectivity index (χ4v) is 1.02. The largest absolute Gasteiger partial charge is 0.481 e. The molecule has 3 heteroatoms. The molecule has 0 aliphatic heterocycles. The summed E-state index contributed by atoms with van der Waals surface area (Å²) < 4.78 is 12.5. The average Bonchev–Trinajstić information content (AvgIpc) is 2.13. The molecule has 14 heavy (non-hydrogen) atoms. The van der Waals surface area contributed by atoms with Gasteiger partial charge >= 0.3 is 5.97 Å². The number of hydrogen-bond donors (Lipinski definition) is 1. The summed E-state index contributed by atoms with van der Waals surface area (Å²) in [4.78, 5) is 10.3. The lowest BCUT2D eigenvalue weighted by Gasteiger charge is -2.01. The Morgan fingerprint density at radius 3 is 2.43 bits per heavy atom. The summed E-state index contributed by atoms with van der Waals surface area (Å²) in [6, 6.07) is 4.10. The topological polar surface area (TPSA) is 37.3 Å². The maximum absolute atomic E-state index is 12.5. The highest BCUT2D eigenvalue weighted by atomic mass is 19.1. The third-order valence-corrected chi connectivity index (χ3v) is 1.65. The van der Waals surface area contributed by atoms with Crippen molar-refractivity contribution in [3.8, 4) is 0 Å². The highest BCUT2D eigenvalue weighted by molar-refractivity contribution is 5.70. The zero-order valence-corrected chi connectivity index (χ0v) is 8.67. The minimum atomic E-state index is -0.898. The van der Waals surface area contributed by atoms with Crippen molar-refractivity contribution in [2.24, 2.45) is 0 Å². The third-order valence-electron chi connectivity index (χ3n) is 1.65. The molecule has 0 radical (unpaired) electrons. The minimum absolute atomic E-state index is 0.0495. The van der Waals surface area contributed by atoms with Crippen LogP contribution < -0.4 is 0 Å².